The first-order chi connectivity index (χ1) is 10.3. The van der Waals surface area contributed by atoms with Gasteiger partial charge >= 0.3 is 0 Å². The number of thiazole rings is 1. The van der Waals surface area contributed by atoms with Crippen molar-refractivity contribution in [1.29, 1.82) is 0 Å². The summed E-state index contributed by atoms with van der Waals surface area (Å²) in [7, 11) is 1.68. The predicted molar refractivity (Wildman–Crippen MR) is 87.3 cm³/mol. The van der Waals surface area contributed by atoms with Gasteiger partial charge < -0.3 is 10.1 Å². The van der Waals surface area contributed by atoms with Crippen molar-refractivity contribution >= 4 is 27.9 Å². The largest absolute Gasteiger partial charge is 0.497 e. The Morgan fingerprint density at radius 3 is 2.90 bits per heavy atom. The number of hydrogen-bond donors (Lipinski definition) is 1. The van der Waals surface area contributed by atoms with E-state index in [1.807, 2.05) is 42.0 Å². The second-order valence-corrected chi connectivity index (χ2v) is 5.83. The second-order valence-electron chi connectivity index (χ2n) is 4.90. The molecule has 3 aromatic rings. The van der Waals surface area contributed by atoms with Crippen molar-refractivity contribution in [3.8, 4) is 5.75 Å². The van der Waals surface area contributed by atoms with Crippen LogP contribution in [-0.4, -0.2) is 23.6 Å². The van der Waals surface area contributed by atoms with Gasteiger partial charge in [-0.15, -0.1) is 11.3 Å². The number of pyridine rings is 1. The fraction of sp³-hybridized carbons (Fsp3) is 0.250. The summed E-state index contributed by atoms with van der Waals surface area (Å²) in [5.41, 5.74) is 0. The Morgan fingerprint density at radius 2 is 2.14 bits per heavy atom. The molecule has 0 aliphatic rings. The predicted octanol–water partition coefficient (Wildman–Crippen LogP) is 3.92. The van der Waals surface area contributed by atoms with Gasteiger partial charge in [-0.05, 0) is 23.6 Å². The van der Waals surface area contributed by atoms with E-state index in [2.05, 4.69) is 22.2 Å². The monoisotopic (exact) mass is 299 g/mol. The number of fused-ring (bicyclic) bond motifs is 1. The van der Waals surface area contributed by atoms with Crippen molar-refractivity contribution in [2.45, 2.75) is 12.8 Å². The first-order valence-corrected chi connectivity index (χ1v) is 7.72. The molecule has 0 fully saturated rings. The summed E-state index contributed by atoms with van der Waals surface area (Å²) in [5, 5.41) is 8.79. The van der Waals surface area contributed by atoms with Crippen molar-refractivity contribution in [2.24, 2.45) is 0 Å². The minimum atomic E-state index is 0.354. The summed E-state index contributed by atoms with van der Waals surface area (Å²) in [6.07, 6.45) is 3.67. The molecule has 0 saturated heterocycles. The number of nitrogens with zero attached hydrogens (tertiary/aromatic N) is 2. The maximum absolute atomic E-state index is 5.30. The zero-order chi connectivity index (χ0) is 14.7. The van der Waals surface area contributed by atoms with E-state index in [1.54, 1.807) is 18.4 Å². The highest BCUT2D eigenvalue weighted by Gasteiger charge is 2.10. The van der Waals surface area contributed by atoms with Crippen LogP contribution in [0.25, 0.3) is 10.8 Å². The van der Waals surface area contributed by atoms with Crippen LogP contribution in [0.1, 0.15) is 17.8 Å². The van der Waals surface area contributed by atoms with E-state index in [0.29, 0.717) is 5.92 Å². The van der Waals surface area contributed by atoms with Crippen LogP contribution in [0.5, 0.6) is 5.75 Å². The van der Waals surface area contributed by atoms with Gasteiger partial charge in [0.1, 0.15) is 11.6 Å². The molecule has 5 heteroatoms. The van der Waals surface area contributed by atoms with E-state index in [-0.39, 0.29) is 0 Å². The maximum atomic E-state index is 5.30. The van der Waals surface area contributed by atoms with E-state index >= 15 is 0 Å². The Kier molecular flexibility index (Phi) is 4.01. The van der Waals surface area contributed by atoms with Crippen LogP contribution < -0.4 is 10.1 Å². The summed E-state index contributed by atoms with van der Waals surface area (Å²) in [4.78, 5) is 8.81. The number of anilines is 1. The summed E-state index contributed by atoms with van der Waals surface area (Å²) in [5.74, 6) is 2.08. The molecular weight excluding hydrogens is 282 g/mol. The standard InChI is InChI=1S/C16H17N3OS/c1-11(16-18-7-8-21-16)10-19-15-14-9-13(20-2)4-3-12(14)5-6-17-15/h3-9,11H,10H2,1-2H3,(H,17,19). The van der Waals surface area contributed by atoms with Crippen molar-refractivity contribution in [1.82, 2.24) is 9.97 Å². The van der Waals surface area contributed by atoms with Crippen LogP contribution >= 0.6 is 11.3 Å². The highest BCUT2D eigenvalue weighted by atomic mass is 32.1. The molecule has 2 heterocycles. The fourth-order valence-corrected chi connectivity index (χ4v) is 2.93. The van der Waals surface area contributed by atoms with Gasteiger partial charge in [0, 0.05) is 35.6 Å². The molecule has 1 unspecified atom stereocenters. The zero-order valence-electron chi connectivity index (χ0n) is 12.0. The zero-order valence-corrected chi connectivity index (χ0v) is 12.9. The smallest absolute Gasteiger partial charge is 0.133 e. The Hall–Kier alpha value is -2.14. The summed E-state index contributed by atoms with van der Waals surface area (Å²) in [6, 6.07) is 8.03. The maximum Gasteiger partial charge on any atom is 0.133 e. The summed E-state index contributed by atoms with van der Waals surface area (Å²) >= 11 is 1.68. The molecule has 0 radical (unpaired) electrons. The van der Waals surface area contributed by atoms with Gasteiger partial charge in [0.2, 0.25) is 0 Å². The number of methoxy groups -OCH3 is 1. The highest BCUT2D eigenvalue weighted by molar-refractivity contribution is 7.09. The first kappa shape index (κ1) is 13.8. The molecule has 3 rings (SSSR count). The van der Waals surface area contributed by atoms with E-state index in [9.17, 15) is 0 Å². The normalized spacial score (nSPS) is 12.3. The van der Waals surface area contributed by atoms with Crippen molar-refractivity contribution in [3.05, 3.63) is 47.0 Å². The minimum absolute atomic E-state index is 0.354. The summed E-state index contributed by atoms with van der Waals surface area (Å²) < 4.78 is 5.30. The highest BCUT2D eigenvalue weighted by Crippen LogP contribution is 2.26. The average molecular weight is 299 g/mol. The van der Waals surface area contributed by atoms with Crippen molar-refractivity contribution < 1.29 is 4.74 Å². The molecule has 1 aromatic carbocycles. The van der Waals surface area contributed by atoms with E-state index in [4.69, 9.17) is 4.74 Å². The van der Waals surface area contributed by atoms with E-state index < -0.39 is 0 Å². The van der Waals surface area contributed by atoms with Crippen LogP contribution in [0.2, 0.25) is 0 Å². The van der Waals surface area contributed by atoms with Gasteiger partial charge in [0.05, 0.1) is 12.1 Å². The van der Waals surface area contributed by atoms with Crippen LogP contribution in [0.3, 0.4) is 0 Å². The first-order valence-electron chi connectivity index (χ1n) is 6.84. The topological polar surface area (TPSA) is 47.0 Å². The second kappa shape index (κ2) is 6.10. The third kappa shape index (κ3) is 2.97. The number of nitrogens with one attached hydrogen (secondary N) is 1. The molecule has 4 nitrogen and oxygen atoms in total. The Balaban J connectivity index is 1.83. The number of hydrogen-bond acceptors (Lipinski definition) is 5. The number of rotatable bonds is 5. The molecule has 0 saturated carbocycles. The van der Waals surface area contributed by atoms with Crippen molar-refractivity contribution in [2.75, 3.05) is 19.0 Å². The van der Waals surface area contributed by atoms with Crippen LogP contribution in [0.4, 0.5) is 5.82 Å². The molecule has 0 bridgehead atoms. The number of benzene rings is 1. The Bertz CT molecular complexity index is 727. The van der Waals surface area contributed by atoms with Gasteiger partial charge in [0.25, 0.3) is 0 Å². The molecule has 1 atom stereocenters. The van der Waals surface area contributed by atoms with Gasteiger partial charge in [0.15, 0.2) is 0 Å². The third-order valence-corrected chi connectivity index (χ3v) is 4.43. The molecule has 0 amide bonds. The Labute approximate surface area is 127 Å². The molecule has 1 N–H and O–H groups in total. The minimum Gasteiger partial charge on any atom is -0.497 e. The van der Waals surface area contributed by atoms with Crippen molar-refractivity contribution in [3.63, 3.8) is 0 Å². The van der Waals surface area contributed by atoms with Gasteiger partial charge in [-0.2, -0.15) is 0 Å². The molecule has 0 spiro atoms. The van der Waals surface area contributed by atoms with E-state index in [1.165, 1.54) is 0 Å². The SMILES string of the molecule is COc1ccc2ccnc(NCC(C)c3nccs3)c2c1. The fourth-order valence-electron chi connectivity index (χ4n) is 2.23. The molecular formula is C16H17N3OS. The molecule has 108 valence electrons. The quantitative estimate of drug-likeness (QED) is 0.776. The lowest BCUT2D eigenvalue weighted by Gasteiger charge is -2.13. The summed E-state index contributed by atoms with van der Waals surface area (Å²) in [6.45, 7) is 2.97. The molecule has 2 aromatic heterocycles. The van der Waals surface area contributed by atoms with E-state index in [0.717, 1.165) is 33.9 Å². The molecule has 0 aliphatic heterocycles. The lowest BCUT2D eigenvalue weighted by Crippen LogP contribution is -2.10. The molecule has 0 aliphatic carbocycles. The number of ether oxygens (including phenoxy) is 1. The third-order valence-electron chi connectivity index (χ3n) is 3.42. The molecule has 21 heavy (non-hydrogen) atoms. The van der Waals surface area contributed by atoms with Crippen LogP contribution in [0, 0.1) is 0 Å². The van der Waals surface area contributed by atoms with Gasteiger partial charge in [-0.3, -0.25) is 0 Å². The lowest BCUT2D eigenvalue weighted by molar-refractivity contribution is 0.415. The average Bonchev–Trinajstić information content (AvgIpc) is 3.06. The lowest BCUT2D eigenvalue weighted by atomic mass is 10.1. The van der Waals surface area contributed by atoms with Gasteiger partial charge in [-0.25, -0.2) is 9.97 Å². The van der Waals surface area contributed by atoms with Gasteiger partial charge in [-0.1, -0.05) is 13.0 Å². The van der Waals surface area contributed by atoms with Crippen LogP contribution in [0.15, 0.2) is 42.0 Å². The number of aromatic nitrogens is 2. The Morgan fingerprint density at radius 1 is 1.24 bits per heavy atom. The van der Waals surface area contributed by atoms with Crippen LogP contribution in [-0.2, 0) is 0 Å².